The first-order chi connectivity index (χ1) is 15.1. The predicted molar refractivity (Wildman–Crippen MR) is 125 cm³/mol. The first-order valence-corrected chi connectivity index (χ1v) is 11.0. The Balaban J connectivity index is 1.36. The van der Waals surface area contributed by atoms with Crippen molar-refractivity contribution in [1.82, 2.24) is 4.90 Å². The van der Waals surface area contributed by atoms with Crippen LogP contribution < -0.4 is 4.74 Å². The van der Waals surface area contributed by atoms with E-state index < -0.39 is 0 Å². The second-order valence-electron chi connectivity index (χ2n) is 7.41. The van der Waals surface area contributed by atoms with Crippen LogP contribution in [0.1, 0.15) is 22.3 Å². The summed E-state index contributed by atoms with van der Waals surface area (Å²) in [5.41, 5.74) is 4.17. The van der Waals surface area contributed by atoms with Gasteiger partial charge < -0.3 is 4.74 Å². The molecule has 1 aliphatic rings. The summed E-state index contributed by atoms with van der Waals surface area (Å²) in [6, 6.07) is 25.6. The molecule has 0 saturated carbocycles. The summed E-state index contributed by atoms with van der Waals surface area (Å²) in [4.78, 5) is 26.8. The molecular formula is C26H23NO3S. The molecule has 4 nitrogen and oxygen atoms in total. The van der Waals surface area contributed by atoms with E-state index in [2.05, 4.69) is 12.1 Å². The number of hydrogen-bond donors (Lipinski definition) is 0. The third-order valence-corrected chi connectivity index (χ3v) is 5.92. The molecule has 0 N–H and O–H groups in total. The Bertz CT molecular complexity index is 1090. The zero-order valence-electron chi connectivity index (χ0n) is 17.3. The largest absolute Gasteiger partial charge is 0.493 e. The molecule has 1 aliphatic heterocycles. The molecule has 0 spiro atoms. The smallest absolute Gasteiger partial charge is 0.293 e. The Hall–Kier alpha value is -3.31. The molecule has 31 heavy (non-hydrogen) atoms. The lowest BCUT2D eigenvalue weighted by Gasteiger charge is -2.12. The number of aryl methyl sites for hydroxylation is 1. The number of hydrogen-bond acceptors (Lipinski definition) is 4. The standard InChI is InChI=1S/C26H23NO3S/c1-19-7-9-22(10-8-19)18-27-25(28)24(31-26(27)29)17-21-11-13-23(14-12-21)30-16-15-20-5-3-2-4-6-20/h2-14,17H,15-16,18H2,1H3/b24-17+. The number of carbonyl (C=O) groups excluding carboxylic acids is 2. The van der Waals surface area contributed by atoms with Gasteiger partial charge in [0.1, 0.15) is 5.75 Å². The summed E-state index contributed by atoms with van der Waals surface area (Å²) >= 11 is 0.982. The van der Waals surface area contributed by atoms with Crippen molar-refractivity contribution < 1.29 is 14.3 Å². The van der Waals surface area contributed by atoms with Crippen LogP contribution in [0.4, 0.5) is 4.79 Å². The minimum Gasteiger partial charge on any atom is -0.493 e. The second kappa shape index (κ2) is 9.67. The highest BCUT2D eigenvalue weighted by Gasteiger charge is 2.34. The second-order valence-corrected chi connectivity index (χ2v) is 8.40. The summed E-state index contributed by atoms with van der Waals surface area (Å²) < 4.78 is 5.81. The number of ether oxygens (including phenoxy) is 1. The highest BCUT2D eigenvalue weighted by molar-refractivity contribution is 8.18. The van der Waals surface area contributed by atoms with Gasteiger partial charge in [-0.3, -0.25) is 14.5 Å². The van der Waals surface area contributed by atoms with Crippen LogP contribution in [0, 0.1) is 6.92 Å². The zero-order chi connectivity index (χ0) is 21.6. The number of thioether (sulfide) groups is 1. The average Bonchev–Trinajstić information content (AvgIpc) is 3.04. The van der Waals surface area contributed by atoms with Gasteiger partial charge in [-0.15, -0.1) is 0 Å². The van der Waals surface area contributed by atoms with Crippen molar-refractivity contribution in [3.05, 3.63) is 106 Å². The number of carbonyl (C=O) groups is 2. The van der Waals surface area contributed by atoms with Gasteiger partial charge in [0.25, 0.3) is 11.1 Å². The van der Waals surface area contributed by atoms with Crippen LogP contribution in [0.2, 0.25) is 0 Å². The number of nitrogens with zero attached hydrogens (tertiary/aromatic N) is 1. The third-order valence-electron chi connectivity index (χ3n) is 5.02. The van der Waals surface area contributed by atoms with Gasteiger partial charge in [0.05, 0.1) is 18.1 Å². The van der Waals surface area contributed by atoms with Gasteiger partial charge in [-0.1, -0.05) is 72.3 Å². The average molecular weight is 430 g/mol. The van der Waals surface area contributed by atoms with Crippen LogP contribution in [-0.4, -0.2) is 22.7 Å². The van der Waals surface area contributed by atoms with Crippen molar-refractivity contribution in [2.24, 2.45) is 0 Å². The van der Waals surface area contributed by atoms with Crippen LogP contribution in [0.25, 0.3) is 6.08 Å². The van der Waals surface area contributed by atoms with Crippen LogP contribution in [0.15, 0.2) is 83.8 Å². The van der Waals surface area contributed by atoms with E-state index in [1.165, 1.54) is 10.5 Å². The number of benzene rings is 3. The maximum Gasteiger partial charge on any atom is 0.293 e. The molecule has 0 aromatic heterocycles. The van der Waals surface area contributed by atoms with Crippen molar-refractivity contribution in [2.45, 2.75) is 19.9 Å². The number of rotatable bonds is 7. The number of imide groups is 1. The van der Waals surface area contributed by atoms with E-state index in [9.17, 15) is 9.59 Å². The van der Waals surface area contributed by atoms with Crippen molar-refractivity contribution in [2.75, 3.05) is 6.61 Å². The SMILES string of the molecule is Cc1ccc(CN2C(=O)S/C(=C/c3ccc(OCCc4ccccc4)cc3)C2=O)cc1. The summed E-state index contributed by atoms with van der Waals surface area (Å²) in [6.07, 6.45) is 2.60. The molecule has 1 fully saturated rings. The molecule has 3 aromatic carbocycles. The van der Waals surface area contributed by atoms with Gasteiger partial charge in [-0.05, 0) is 53.6 Å². The van der Waals surface area contributed by atoms with E-state index in [1.54, 1.807) is 6.08 Å². The van der Waals surface area contributed by atoms with Crippen molar-refractivity contribution in [3.8, 4) is 5.75 Å². The molecule has 4 rings (SSSR count). The van der Waals surface area contributed by atoms with Crippen molar-refractivity contribution in [3.63, 3.8) is 0 Å². The van der Waals surface area contributed by atoms with Crippen LogP contribution in [-0.2, 0) is 17.8 Å². The summed E-state index contributed by atoms with van der Waals surface area (Å²) in [7, 11) is 0. The van der Waals surface area contributed by atoms with Crippen molar-refractivity contribution in [1.29, 1.82) is 0 Å². The minimum absolute atomic E-state index is 0.238. The van der Waals surface area contributed by atoms with E-state index in [1.807, 2.05) is 73.7 Å². The molecule has 1 heterocycles. The fourth-order valence-electron chi connectivity index (χ4n) is 3.26. The maximum absolute atomic E-state index is 12.7. The normalized spacial score (nSPS) is 15.0. The van der Waals surface area contributed by atoms with Crippen LogP contribution in [0.3, 0.4) is 0 Å². The summed E-state index contributed by atoms with van der Waals surface area (Å²) in [5, 5.41) is -0.238. The van der Waals surface area contributed by atoms with Gasteiger partial charge in [0.15, 0.2) is 0 Å². The molecule has 156 valence electrons. The van der Waals surface area contributed by atoms with Crippen LogP contribution in [0.5, 0.6) is 5.75 Å². The van der Waals surface area contributed by atoms with Gasteiger partial charge in [0.2, 0.25) is 0 Å². The Labute approximate surface area is 186 Å². The third kappa shape index (κ3) is 5.44. The lowest BCUT2D eigenvalue weighted by atomic mass is 10.1. The van der Waals surface area contributed by atoms with Gasteiger partial charge in [-0.25, -0.2) is 0 Å². The molecule has 0 radical (unpaired) electrons. The first kappa shape index (κ1) is 20.9. The fourth-order valence-corrected chi connectivity index (χ4v) is 4.09. The van der Waals surface area contributed by atoms with E-state index in [0.717, 1.165) is 40.6 Å². The summed E-state index contributed by atoms with van der Waals surface area (Å²) in [5.74, 6) is 0.527. The highest BCUT2D eigenvalue weighted by Crippen LogP contribution is 2.33. The molecule has 3 aromatic rings. The van der Waals surface area contributed by atoms with Gasteiger partial charge in [0, 0.05) is 6.42 Å². The predicted octanol–water partition coefficient (Wildman–Crippen LogP) is 5.85. The first-order valence-electron chi connectivity index (χ1n) is 10.2. The van der Waals surface area contributed by atoms with E-state index >= 15 is 0 Å². The molecule has 1 saturated heterocycles. The monoisotopic (exact) mass is 429 g/mol. The van der Waals surface area contributed by atoms with Gasteiger partial charge in [-0.2, -0.15) is 0 Å². The van der Waals surface area contributed by atoms with Crippen molar-refractivity contribution >= 4 is 29.0 Å². The minimum atomic E-state index is -0.251. The maximum atomic E-state index is 12.7. The lowest BCUT2D eigenvalue weighted by Crippen LogP contribution is -2.27. The van der Waals surface area contributed by atoms with Crippen LogP contribution >= 0.6 is 11.8 Å². The topological polar surface area (TPSA) is 46.6 Å². The van der Waals surface area contributed by atoms with E-state index in [-0.39, 0.29) is 17.7 Å². The quantitative estimate of drug-likeness (QED) is 0.442. The molecule has 2 amide bonds. The molecule has 0 bridgehead atoms. The Kier molecular flexibility index (Phi) is 6.53. The molecular weight excluding hydrogens is 406 g/mol. The zero-order valence-corrected chi connectivity index (χ0v) is 18.1. The highest BCUT2D eigenvalue weighted by atomic mass is 32.2. The molecule has 0 unspecified atom stereocenters. The lowest BCUT2D eigenvalue weighted by molar-refractivity contribution is -0.123. The summed E-state index contributed by atoms with van der Waals surface area (Å²) in [6.45, 7) is 2.89. The molecule has 5 heteroatoms. The molecule has 0 aliphatic carbocycles. The van der Waals surface area contributed by atoms with E-state index in [0.29, 0.717) is 11.5 Å². The molecule has 0 atom stereocenters. The Morgan fingerprint density at radius 1 is 0.871 bits per heavy atom. The Morgan fingerprint density at radius 2 is 1.58 bits per heavy atom. The Morgan fingerprint density at radius 3 is 2.29 bits per heavy atom. The number of amides is 2. The van der Waals surface area contributed by atoms with Gasteiger partial charge >= 0.3 is 0 Å². The van der Waals surface area contributed by atoms with E-state index in [4.69, 9.17) is 4.74 Å². The fraction of sp³-hybridized carbons (Fsp3) is 0.154.